The molecule has 3 aromatic rings. The van der Waals surface area contributed by atoms with E-state index in [1.807, 2.05) is 0 Å². The number of carbonyl (C=O) groups is 1. The van der Waals surface area contributed by atoms with Gasteiger partial charge in [-0.2, -0.15) is 5.26 Å². The quantitative estimate of drug-likeness (QED) is 0.569. The SMILES string of the molecule is CC(C)(O)c1cnc(N2C[C@@]3(CCC[C@@](CF)(Cc4c(C#N)ccc5[nH]cnc45)C3)OC2=O)cn1. The Hall–Kier alpha value is -3.58. The summed E-state index contributed by atoms with van der Waals surface area (Å²) in [4.78, 5) is 30.3. The lowest BCUT2D eigenvalue weighted by Gasteiger charge is -2.43. The molecular formula is C25H27FN6O3. The number of nitriles is 1. The average Bonchev–Trinajstić information content (AvgIpc) is 3.43. The number of alkyl halides is 1. The number of hydrogen-bond acceptors (Lipinski definition) is 7. The number of nitrogens with zero attached hydrogens (tertiary/aromatic N) is 5. The molecule has 2 fully saturated rings. The van der Waals surface area contributed by atoms with E-state index in [1.54, 1.807) is 32.3 Å². The number of hydrogen-bond donors (Lipinski definition) is 2. The first-order valence-corrected chi connectivity index (χ1v) is 11.6. The van der Waals surface area contributed by atoms with Gasteiger partial charge in [-0.05, 0) is 63.6 Å². The van der Waals surface area contributed by atoms with Crippen molar-refractivity contribution in [2.24, 2.45) is 5.41 Å². The van der Waals surface area contributed by atoms with Gasteiger partial charge < -0.3 is 14.8 Å². The number of aromatic nitrogens is 4. The number of H-pyrrole nitrogens is 1. The summed E-state index contributed by atoms with van der Waals surface area (Å²) in [6, 6.07) is 5.75. The molecule has 0 unspecified atom stereocenters. The highest BCUT2D eigenvalue weighted by Crippen LogP contribution is 2.49. The lowest BCUT2D eigenvalue weighted by atomic mass is 9.65. The molecule has 1 aliphatic heterocycles. The van der Waals surface area contributed by atoms with Gasteiger partial charge in [-0.1, -0.05) is 0 Å². The van der Waals surface area contributed by atoms with Gasteiger partial charge in [0.15, 0.2) is 5.82 Å². The number of anilines is 1. The summed E-state index contributed by atoms with van der Waals surface area (Å²) in [5.74, 6) is 0.323. The predicted molar refractivity (Wildman–Crippen MR) is 125 cm³/mol. The number of benzene rings is 1. The molecule has 1 aromatic carbocycles. The van der Waals surface area contributed by atoms with E-state index < -0.39 is 29.4 Å². The first kappa shape index (κ1) is 23.2. The molecule has 1 saturated carbocycles. The summed E-state index contributed by atoms with van der Waals surface area (Å²) in [6.07, 6.45) is 6.49. The minimum Gasteiger partial charge on any atom is -0.441 e. The topological polar surface area (TPSA) is 128 Å². The maximum Gasteiger partial charge on any atom is 0.416 e. The first-order valence-electron chi connectivity index (χ1n) is 11.6. The third kappa shape index (κ3) is 4.10. The second kappa shape index (κ2) is 8.27. The number of nitrogens with one attached hydrogen (secondary N) is 1. The molecule has 35 heavy (non-hydrogen) atoms. The van der Waals surface area contributed by atoms with Crippen LogP contribution in [0, 0.1) is 16.7 Å². The third-order valence-electron chi connectivity index (χ3n) is 7.20. The zero-order chi connectivity index (χ0) is 24.8. The molecule has 2 aromatic heterocycles. The van der Waals surface area contributed by atoms with Crippen molar-refractivity contribution in [3.8, 4) is 6.07 Å². The molecule has 2 atom stereocenters. The zero-order valence-corrected chi connectivity index (χ0v) is 19.7. The number of carbonyl (C=O) groups excluding carboxylic acids is 1. The van der Waals surface area contributed by atoms with Gasteiger partial charge in [0.25, 0.3) is 0 Å². The van der Waals surface area contributed by atoms with Gasteiger partial charge in [0.1, 0.15) is 11.2 Å². The Balaban J connectivity index is 1.42. The molecule has 1 amide bonds. The van der Waals surface area contributed by atoms with Crippen LogP contribution >= 0.6 is 0 Å². The van der Waals surface area contributed by atoms with Crippen molar-refractivity contribution in [3.63, 3.8) is 0 Å². The normalized spacial score (nSPS) is 24.7. The van der Waals surface area contributed by atoms with Gasteiger partial charge in [-0.25, -0.2) is 14.8 Å². The van der Waals surface area contributed by atoms with E-state index in [1.165, 1.54) is 17.3 Å². The molecule has 182 valence electrons. The van der Waals surface area contributed by atoms with E-state index in [-0.39, 0.29) is 6.54 Å². The van der Waals surface area contributed by atoms with Gasteiger partial charge in [0.05, 0.1) is 60.3 Å². The highest BCUT2D eigenvalue weighted by atomic mass is 19.1. The van der Waals surface area contributed by atoms with Crippen LogP contribution < -0.4 is 4.90 Å². The van der Waals surface area contributed by atoms with E-state index in [0.717, 1.165) is 11.1 Å². The summed E-state index contributed by atoms with van der Waals surface area (Å²) in [6.45, 7) is 2.85. The maximum absolute atomic E-state index is 14.8. The second-order valence-corrected chi connectivity index (χ2v) is 10.3. The zero-order valence-electron chi connectivity index (χ0n) is 19.7. The van der Waals surface area contributed by atoms with Gasteiger partial charge in [0, 0.05) is 5.41 Å². The van der Waals surface area contributed by atoms with Gasteiger partial charge in [0.2, 0.25) is 0 Å². The summed E-state index contributed by atoms with van der Waals surface area (Å²) in [5.41, 5.74) is 0.252. The number of imidazole rings is 1. The van der Waals surface area contributed by atoms with E-state index >= 15 is 0 Å². The van der Waals surface area contributed by atoms with Crippen LogP contribution in [0.4, 0.5) is 15.0 Å². The van der Waals surface area contributed by atoms with Crippen LogP contribution in [0.25, 0.3) is 11.0 Å². The fourth-order valence-electron chi connectivity index (χ4n) is 5.48. The van der Waals surface area contributed by atoms with Gasteiger partial charge >= 0.3 is 6.09 Å². The van der Waals surface area contributed by atoms with E-state index in [2.05, 4.69) is 26.0 Å². The van der Waals surface area contributed by atoms with Crippen molar-refractivity contribution >= 4 is 22.9 Å². The van der Waals surface area contributed by atoms with Crippen molar-refractivity contribution < 1.29 is 19.0 Å². The molecular weight excluding hydrogens is 451 g/mol. The lowest BCUT2D eigenvalue weighted by Crippen LogP contribution is -2.46. The molecule has 3 heterocycles. The number of amides is 1. The Morgan fingerprint density at radius 3 is 2.80 bits per heavy atom. The number of ether oxygens (including phenoxy) is 1. The summed E-state index contributed by atoms with van der Waals surface area (Å²) >= 11 is 0. The van der Waals surface area contributed by atoms with Crippen LogP contribution in [-0.2, 0) is 16.8 Å². The molecule has 1 aliphatic carbocycles. The predicted octanol–water partition coefficient (Wildman–Crippen LogP) is 3.92. The molecule has 10 heteroatoms. The smallest absolute Gasteiger partial charge is 0.416 e. The number of halogens is 1. The second-order valence-electron chi connectivity index (χ2n) is 10.3. The van der Waals surface area contributed by atoms with Gasteiger partial charge in [-0.15, -0.1) is 0 Å². The molecule has 2 aliphatic rings. The number of aliphatic hydroxyl groups is 1. The van der Waals surface area contributed by atoms with Crippen molar-refractivity contribution in [2.45, 2.75) is 57.2 Å². The van der Waals surface area contributed by atoms with Crippen LogP contribution in [0.2, 0.25) is 0 Å². The Kier molecular flexibility index (Phi) is 5.48. The standard InChI is InChI=1S/C25H27FN6O3/c1-23(2,34)19-10-29-20(11-28-19)32-14-25(35-22(32)33)7-3-6-24(12-25,13-26)8-17-16(9-27)4-5-18-21(17)31-15-30-18/h4-5,10-11,15,34H,3,6-8,12-14H2,1-2H3,(H,30,31)/t24-,25+/m1/s1. The number of fused-ring (bicyclic) bond motifs is 1. The monoisotopic (exact) mass is 478 g/mol. The Morgan fingerprint density at radius 1 is 1.29 bits per heavy atom. The van der Waals surface area contributed by atoms with E-state index in [4.69, 9.17) is 4.74 Å². The highest BCUT2D eigenvalue weighted by molar-refractivity contribution is 5.89. The number of rotatable bonds is 5. The minimum atomic E-state index is -1.15. The van der Waals surface area contributed by atoms with Gasteiger partial charge in [-0.3, -0.25) is 14.3 Å². The summed E-state index contributed by atoms with van der Waals surface area (Å²) < 4.78 is 20.7. The van der Waals surface area contributed by atoms with E-state index in [9.17, 15) is 19.6 Å². The van der Waals surface area contributed by atoms with Crippen LogP contribution in [0.3, 0.4) is 0 Å². The third-order valence-corrected chi connectivity index (χ3v) is 7.20. The first-order chi connectivity index (χ1) is 16.7. The summed E-state index contributed by atoms with van der Waals surface area (Å²) in [5, 5.41) is 19.8. The van der Waals surface area contributed by atoms with Crippen LogP contribution in [-0.4, -0.2) is 50.0 Å². The molecule has 5 rings (SSSR count). The molecule has 0 radical (unpaired) electrons. The van der Waals surface area contributed by atoms with Crippen LogP contribution in [0.5, 0.6) is 0 Å². The number of aromatic amines is 1. The lowest BCUT2D eigenvalue weighted by molar-refractivity contribution is -0.0356. The Morgan fingerprint density at radius 2 is 2.11 bits per heavy atom. The van der Waals surface area contributed by atoms with Crippen molar-refractivity contribution in [1.29, 1.82) is 5.26 Å². The molecule has 9 nitrogen and oxygen atoms in total. The van der Waals surface area contributed by atoms with E-state index in [0.29, 0.717) is 54.7 Å². The van der Waals surface area contributed by atoms with Crippen LogP contribution in [0.15, 0.2) is 30.9 Å². The fraction of sp³-hybridized carbons (Fsp3) is 0.480. The molecule has 2 N–H and O–H groups in total. The van der Waals surface area contributed by atoms with Crippen molar-refractivity contribution in [2.75, 3.05) is 18.1 Å². The molecule has 1 spiro atoms. The Labute approximate surface area is 202 Å². The maximum atomic E-state index is 14.8. The molecule has 0 bridgehead atoms. The largest absolute Gasteiger partial charge is 0.441 e. The van der Waals surface area contributed by atoms with Crippen molar-refractivity contribution in [1.82, 2.24) is 19.9 Å². The van der Waals surface area contributed by atoms with Crippen molar-refractivity contribution in [3.05, 3.63) is 47.7 Å². The minimum absolute atomic E-state index is 0.238. The highest BCUT2D eigenvalue weighted by Gasteiger charge is 2.53. The Bertz CT molecular complexity index is 1310. The fourth-order valence-corrected chi connectivity index (χ4v) is 5.48. The van der Waals surface area contributed by atoms with Crippen LogP contribution in [0.1, 0.15) is 56.4 Å². The molecule has 1 saturated heterocycles. The average molecular weight is 479 g/mol. The summed E-state index contributed by atoms with van der Waals surface area (Å²) in [7, 11) is 0.